The molecular formula is C87H64N2O2. The number of hydrogen-bond donors (Lipinski definition) is 0. The number of hydrogen-bond acceptors (Lipinski definition) is 4. The Bertz CT molecular complexity index is 5240. The fourth-order valence-corrected chi connectivity index (χ4v) is 15.6. The molecule has 1 aliphatic carbocycles. The van der Waals surface area contributed by atoms with E-state index in [0.717, 1.165) is 111 Å². The smallest absolute Gasteiger partial charge is 0.159 e. The molecule has 0 amide bonds. The summed E-state index contributed by atoms with van der Waals surface area (Å²) in [7, 11) is 0. The van der Waals surface area contributed by atoms with Crippen LogP contribution in [0, 0.1) is 41.5 Å². The fraction of sp³-hybridized carbons (Fsp3) is 0.0805. The molecule has 4 heteroatoms. The quantitative estimate of drug-likeness (QED) is 0.137. The summed E-state index contributed by atoms with van der Waals surface area (Å²) >= 11 is 0. The zero-order valence-electron chi connectivity index (χ0n) is 51.8. The maximum absolute atomic E-state index is 7.44. The SMILES string of the molecule is Cc1cc(C)cc(N(c2cc3c(c4ccccc24)-c2c(cc(N(c4cc(C)cc(C)c4)c4cccc5c4oc4c(-c6ccccc6C)cccc45)c4ccccc24)C3(c2ccccc2)c2ccccc2)c2cccc3c2oc2c(-c4ccccc4C)cccc23)c1. The minimum Gasteiger partial charge on any atom is -0.453 e. The Morgan fingerprint density at radius 3 is 0.967 bits per heavy atom. The van der Waals surface area contributed by atoms with E-state index in [1.54, 1.807) is 0 Å². The van der Waals surface area contributed by atoms with Crippen LogP contribution in [0.1, 0.15) is 55.6 Å². The second kappa shape index (κ2) is 21.0. The Hall–Kier alpha value is -11.2. The van der Waals surface area contributed by atoms with E-state index < -0.39 is 5.41 Å². The third kappa shape index (κ3) is 8.29. The molecule has 17 rings (SSSR count). The van der Waals surface area contributed by atoms with E-state index in [1.807, 2.05) is 0 Å². The van der Waals surface area contributed by atoms with Gasteiger partial charge in [-0.05, 0) is 179 Å². The summed E-state index contributed by atoms with van der Waals surface area (Å²) in [6.45, 7) is 13.2. The van der Waals surface area contributed by atoms with Crippen LogP contribution < -0.4 is 9.80 Å². The van der Waals surface area contributed by atoms with Gasteiger partial charge < -0.3 is 18.6 Å². The van der Waals surface area contributed by atoms with E-state index in [1.165, 1.54) is 77.5 Å². The van der Waals surface area contributed by atoms with Gasteiger partial charge in [0.05, 0.1) is 28.2 Å². The molecule has 0 N–H and O–H groups in total. The number of nitrogens with zero attached hydrogens (tertiary/aromatic N) is 2. The van der Waals surface area contributed by atoms with E-state index in [4.69, 9.17) is 8.83 Å². The molecule has 16 aromatic rings. The van der Waals surface area contributed by atoms with Crippen molar-refractivity contribution in [3.8, 4) is 33.4 Å². The molecule has 0 aliphatic heterocycles. The summed E-state index contributed by atoms with van der Waals surface area (Å²) in [6.07, 6.45) is 0. The Morgan fingerprint density at radius 2 is 0.571 bits per heavy atom. The number of rotatable bonds is 10. The summed E-state index contributed by atoms with van der Waals surface area (Å²) < 4.78 is 14.9. The van der Waals surface area contributed by atoms with Gasteiger partial charge in [0.25, 0.3) is 0 Å². The van der Waals surface area contributed by atoms with Crippen molar-refractivity contribution < 1.29 is 8.83 Å². The molecule has 4 nitrogen and oxygen atoms in total. The topological polar surface area (TPSA) is 32.8 Å². The Morgan fingerprint density at radius 1 is 0.253 bits per heavy atom. The van der Waals surface area contributed by atoms with Gasteiger partial charge in [0.15, 0.2) is 11.2 Å². The van der Waals surface area contributed by atoms with Crippen LogP contribution in [0.2, 0.25) is 0 Å². The predicted octanol–water partition coefficient (Wildman–Crippen LogP) is 24.3. The summed E-state index contributed by atoms with van der Waals surface area (Å²) in [5.74, 6) is 0. The molecule has 0 spiro atoms. The molecule has 2 heterocycles. The van der Waals surface area contributed by atoms with Crippen LogP contribution in [0.3, 0.4) is 0 Å². The van der Waals surface area contributed by atoms with Gasteiger partial charge in [0.1, 0.15) is 11.2 Å². The zero-order valence-corrected chi connectivity index (χ0v) is 51.8. The van der Waals surface area contributed by atoms with Crippen LogP contribution in [0.5, 0.6) is 0 Å². The van der Waals surface area contributed by atoms with Gasteiger partial charge in [-0.3, -0.25) is 0 Å². The summed E-state index contributed by atoms with van der Waals surface area (Å²) in [5.41, 5.74) is 27.5. The van der Waals surface area contributed by atoms with Crippen molar-refractivity contribution in [1.29, 1.82) is 0 Å². The molecule has 0 fully saturated rings. The number of anilines is 6. The molecule has 0 unspecified atom stereocenters. The van der Waals surface area contributed by atoms with Gasteiger partial charge in [0, 0.05) is 54.8 Å². The molecule has 0 saturated carbocycles. The highest BCUT2D eigenvalue weighted by Gasteiger charge is 2.49. The fourth-order valence-electron chi connectivity index (χ4n) is 15.6. The van der Waals surface area contributed by atoms with Crippen molar-refractivity contribution >= 4 is 99.5 Å². The van der Waals surface area contributed by atoms with Crippen LogP contribution in [-0.4, -0.2) is 0 Å². The highest BCUT2D eigenvalue weighted by atomic mass is 16.3. The third-order valence-corrected chi connectivity index (χ3v) is 19.3. The van der Waals surface area contributed by atoms with Crippen LogP contribution in [-0.2, 0) is 5.41 Å². The molecule has 14 aromatic carbocycles. The predicted molar refractivity (Wildman–Crippen MR) is 382 cm³/mol. The Kier molecular flexibility index (Phi) is 12.4. The van der Waals surface area contributed by atoms with Gasteiger partial charge in [-0.2, -0.15) is 0 Å². The normalized spacial score (nSPS) is 12.6. The number of aryl methyl sites for hydroxylation is 6. The largest absolute Gasteiger partial charge is 0.453 e. The average Bonchev–Trinajstić information content (AvgIpc) is 1.52. The second-order valence-electron chi connectivity index (χ2n) is 25.1. The van der Waals surface area contributed by atoms with Crippen molar-refractivity contribution in [2.75, 3.05) is 9.80 Å². The van der Waals surface area contributed by atoms with Gasteiger partial charge in [-0.25, -0.2) is 0 Å². The lowest BCUT2D eigenvalue weighted by Gasteiger charge is -2.36. The van der Waals surface area contributed by atoms with E-state index in [2.05, 4.69) is 330 Å². The molecule has 0 radical (unpaired) electrons. The summed E-state index contributed by atoms with van der Waals surface area (Å²) in [6, 6.07) is 104. The molecule has 0 bridgehead atoms. The lowest BCUT2D eigenvalue weighted by Crippen LogP contribution is -2.29. The van der Waals surface area contributed by atoms with Crippen molar-refractivity contribution in [3.05, 3.63) is 335 Å². The van der Waals surface area contributed by atoms with Crippen molar-refractivity contribution in [3.63, 3.8) is 0 Å². The molecule has 91 heavy (non-hydrogen) atoms. The maximum atomic E-state index is 7.44. The van der Waals surface area contributed by atoms with Crippen LogP contribution in [0.25, 0.3) is 98.8 Å². The van der Waals surface area contributed by atoms with Gasteiger partial charge in [-0.15, -0.1) is 0 Å². The van der Waals surface area contributed by atoms with E-state index in [0.29, 0.717) is 0 Å². The molecule has 0 atom stereocenters. The average molecular weight is 1170 g/mol. The first-order chi connectivity index (χ1) is 44.6. The Labute approximate surface area is 530 Å². The molecular weight excluding hydrogens is 1100 g/mol. The molecule has 1 aliphatic rings. The first-order valence-electron chi connectivity index (χ1n) is 31.6. The lowest BCUT2D eigenvalue weighted by atomic mass is 9.67. The number of benzene rings is 14. The van der Waals surface area contributed by atoms with Crippen molar-refractivity contribution in [1.82, 2.24) is 0 Å². The highest BCUT2D eigenvalue weighted by Crippen LogP contribution is 2.63. The number of furan rings is 2. The van der Waals surface area contributed by atoms with Crippen LogP contribution in [0.15, 0.2) is 288 Å². The zero-order chi connectivity index (χ0) is 61.2. The molecule has 0 saturated heterocycles. The first kappa shape index (κ1) is 54.0. The third-order valence-electron chi connectivity index (χ3n) is 19.3. The van der Waals surface area contributed by atoms with E-state index >= 15 is 0 Å². The lowest BCUT2D eigenvalue weighted by molar-refractivity contribution is 0.670. The van der Waals surface area contributed by atoms with E-state index in [9.17, 15) is 0 Å². The van der Waals surface area contributed by atoms with E-state index in [-0.39, 0.29) is 0 Å². The van der Waals surface area contributed by atoms with Crippen LogP contribution in [0.4, 0.5) is 34.1 Å². The number of para-hydroxylation sites is 4. The van der Waals surface area contributed by atoms with Gasteiger partial charge in [0.2, 0.25) is 0 Å². The Balaban J connectivity index is 0.996. The van der Waals surface area contributed by atoms with Gasteiger partial charge in [-0.1, -0.05) is 231 Å². The van der Waals surface area contributed by atoms with Gasteiger partial charge >= 0.3 is 0 Å². The monoisotopic (exact) mass is 1170 g/mol. The maximum Gasteiger partial charge on any atom is 0.159 e. The first-order valence-corrected chi connectivity index (χ1v) is 31.6. The molecule has 434 valence electrons. The second-order valence-corrected chi connectivity index (χ2v) is 25.1. The summed E-state index contributed by atoms with van der Waals surface area (Å²) in [5, 5.41) is 8.89. The summed E-state index contributed by atoms with van der Waals surface area (Å²) in [4.78, 5) is 4.99. The van der Waals surface area contributed by atoms with Crippen molar-refractivity contribution in [2.45, 2.75) is 47.0 Å². The van der Waals surface area contributed by atoms with Crippen molar-refractivity contribution in [2.24, 2.45) is 0 Å². The minimum absolute atomic E-state index is 0.830. The highest BCUT2D eigenvalue weighted by molar-refractivity contribution is 6.21. The van der Waals surface area contributed by atoms with Crippen LogP contribution >= 0.6 is 0 Å². The minimum atomic E-state index is -0.866. The molecule has 2 aromatic heterocycles. The number of fused-ring (bicyclic) bond motifs is 13. The standard InChI is InChI=1S/C87H64N2O2/c1-53-45-54(2)48-61(47-53)88(77-43-23-41-73-71-39-21-37-69(83(71)90-85(73)77)63-31-15-13-25-57(63)5)79-51-75-81(67-35-19-17-33-65(67)79)82-68-36-20-18-34-66(68)80(52-76(82)87(75,59-27-9-7-10-28-59)60-29-11-8-12-30-60)89(62-49-55(3)46-56(4)50-62)78-44-24-42-74-72-40-22-38-70(84(72)91-86(74)78)64-32-16-14-26-58(64)6/h7-52H,1-6H3.